The van der Waals surface area contributed by atoms with Gasteiger partial charge in [0.1, 0.15) is 11.6 Å². The number of hydrogen-bond donors (Lipinski definition) is 2. The van der Waals surface area contributed by atoms with Crippen molar-refractivity contribution in [3.8, 4) is 5.75 Å². The number of carboxylic acid groups (broad SMARTS) is 1. The Balaban J connectivity index is 1.74. The number of carbonyl (C=O) groups excluding carboxylic acids is 1. The van der Waals surface area contributed by atoms with Crippen LogP contribution in [0.15, 0.2) is 18.2 Å². The van der Waals surface area contributed by atoms with E-state index in [0.29, 0.717) is 37.2 Å². The lowest BCUT2D eigenvalue weighted by atomic mass is 9.98. The second-order valence-electron chi connectivity index (χ2n) is 5.33. The number of nitrogens with one attached hydrogen (secondary N) is 1. The van der Waals surface area contributed by atoms with Crippen LogP contribution in [0.25, 0.3) is 0 Å². The Bertz CT molecular complexity index is 556. The molecule has 0 atom stereocenters. The van der Waals surface area contributed by atoms with Gasteiger partial charge in [-0.3, -0.25) is 15.0 Å². The number of carboxylic acids is 1. The molecular weight excluding hydrogens is 291 g/mol. The van der Waals surface area contributed by atoms with Gasteiger partial charge in [0.15, 0.2) is 6.61 Å². The minimum atomic E-state index is -0.796. The first-order valence-corrected chi connectivity index (χ1v) is 7.12. The van der Waals surface area contributed by atoms with Crippen molar-refractivity contribution >= 4 is 11.9 Å². The first-order valence-electron chi connectivity index (χ1n) is 7.12. The summed E-state index contributed by atoms with van der Waals surface area (Å²) in [7, 11) is 0. The second-order valence-corrected chi connectivity index (χ2v) is 5.33. The number of benzene rings is 1. The first-order chi connectivity index (χ1) is 10.5. The van der Waals surface area contributed by atoms with Crippen LogP contribution in [0.4, 0.5) is 4.39 Å². The molecule has 120 valence electrons. The molecule has 0 aliphatic carbocycles. The monoisotopic (exact) mass is 310 g/mol. The lowest BCUT2D eigenvalue weighted by Gasteiger charge is -2.30. The molecule has 0 saturated carbocycles. The molecule has 1 aromatic rings. The molecule has 1 saturated heterocycles. The van der Waals surface area contributed by atoms with Crippen molar-refractivity contribution in [1.29, 1.82) is 0 Å². The Morgan fingerprint density at radius 2 is 2.09 bits per heavy atom. The summed E-state index contributed by atoms with van der Waals surface area (Å²) in [6, 6.07) is 4.42. The smallest absolute Gasteiger partial charge is 0.306 e. The SMILES string of the molecule is Cc1ccc(OCC(=O)NN2CCC(C(=O)O)CC2)cc1F. The van der Waals surface area contributed by atoms with E-state index in [0.717, 1.165) is 0 Å². The van der Waals surface area contributed by atoms with E-state index in [1.165, 1.54) is 6.07 Å². The van der Waals surface area contributed by atoms with Gasteiger partial charge in [-0.15, -0.1) is 0 Å². The molecule has 7 heteroatoms. The average Bonchev–Trinajstić information content (AvgIpc) is 2.49. The van der Waals surface area contributed by atoms with Gasteiger partial charge in [0.05, 0.1) is 5.92 Å². The maximum absolute atomic E-state index is 13.3. The molecule has 0 radical (unpaired) electrons. The van der Waals surface area contributed by atoms with Crippen LogP contribution in [0, 0.1) is 18.7 Å². The summed E-state index contributed by atoms with van der Waals surface area (Å²) in [6.45, 7) is 2.40. The fraction of sp³-hybridized carbons (Fsp3) is 0.467. The number of rotatable bonds is 5. The third-order valence-corrected chi connectivity index (χ3v) is 3.64. The molecule has 6 nitrogen and oxygen atoms in total. The highest BCUT2D eigenvalue weighted by atomic mass is 19.1. The van der Waals surface area contributed by atoms with Crippen LogP contribution in [-0.2, 0) is 9.59 Å². The van der Waals surface area contributed by atoms with Crippen molar-refractivity contribution in [3.05, 3.63) is 29.6 Å². The van der Waals surface area contributed by atoms with Gasteiger partial charge in [-0.1, -0.05) is 6.07 Å². The topological polar surface area (TPSA) is 78.9 Å². The van der Waals surface area contributed by atoms with Crippen LogP contribution in [0.2, 0.25) is 0 Å². The Kier molecular flexibility index (Phi) is 5.32. The molecule has 0 spiro atoms. The molecule has 1 aliphatic heterocycles. The zero-order valence-corrected chi connectivity index (χ0v) is 12.3. The summed E-state index contributed by atoms with van der Waals surface area (Å²) in [5.41, 5.74) is 3.17. The lowest BCUT2D eigenvalue weighted by Crippen LogP contribution is -2.48. The maximum Gasteiger partial charge on any atom is 0.306 e. The van der Waals surface area contributed by atoms with Crippen LogP contribution in [0.5, 0.6) is 5.75 Å². The van der Waals surface area contributed by atoms with Crippen LogP contribution >= 0.6 is 0 Å². The van der Waals surface area contributed by atoms with Crippen molar-refractivity contribution in [2.24, 2.45) is 5.92 Å². The van der Waals surface area contributed by atoms with E-state index in [1.807, 2.05) is 0 Å². The molecule has 0 unspecified atom stereocenters. The van der Waals surface area contributed by atoms with Crippen LogP contribution in [0.3, 0.4) is 0 Å². The number of aliphatic carboxylic acids is 1. The van der Waals surface area contributed by atoms with Gasteiger partial charge >= 0.3 is 5.97 Å². The van der Waals surface area contributed by atoms with E-state index >= 15 is 0 Å². The lowest BCUT2D eigenvalue weighted by molar-refractivity contribution is -0.143. The van der Waals surface area contributed by atoms with Gasteiger partial charge < -0.3 is 9.84 Å². The highest BCUT2D eigenvalue weighted by Gasteiger charge is 2.25. The van der Waals surface area contributed by atoms with E-state index in [2.05, 4.69) is 5.43 Å². The molecule has 0 bridgehead atoms. The highest BCUT2D eigenvalue weighted by molar-refractivity contribution is 5.77. The number of aryl methyl sites for hydroxylation is 1. The Labute approximate surface area is 127 Å². The molecule has 22 heavy (non-hydrogen) atoms. The largest absolute Gasteiger partial charge is 0.484 e. The van der Waals surface area contributed by atoms with Crippen molar-refractivity contribution in [2.75, 3.05) is 19.7 Å². The second kappa shape index (κ2) is 7.22. The molecule has 1 fully saturated rings. The van der Waals surface area contributed by atoms with Crippen LogP contribution in [0.1, 0.15) is 18.4 Å². The zero-order chi connectivity index (χ0) is 16.1. The number of hydrazine groups is 1. The average molecular weight is 310 g/mol. The van der Waals surface area contributed by atoms with E-state index in [-0.39, 0.29) is 24.2 Å². The van der Waals surface area contributed by atoms with E-state index < -0.39 is 5.97 Å². The van der Waals surface area contributed by atoms with E-state index in [1.54, 1.807) is 24.1 Å². The number of halogens is 1. The summed E-state index contributed by atoms with van der Waals surface area (Å²) in [4.78, 5) is 22.6. The third-order valence-electron chi connectivity index (χ3n) is 3.64. The van der Waals surface area contributed by atoms with Crippen molar-refractivity contribution in [2.45, 2.75) is 19.8 Å². The summed E-state index contributed by atoms with van der Waals surface area (Å²) >= 11 is 0. The minimum Gasteiger partial charge on any atom is -0.484 e. The summed E-state index contributed by atoms with van der Waals surface area (Å²) in [6.07, 6.45) is 0.999. The predicted octanol–water partition coefficient (Wildman–Crippen LogP) is 1.34. The van der Waals surface area contributed by atoms with Crippen LogP contribution < -0.4 is 10.2 Å². The Morgan fingerprint density at radius 1 is 1.41 bits per heavy atom. The Morgan fingerprint density at radius 3 is 2.68 bits per heavy atom. The van der Waals surface area contributed by atoms with Gasteiger partial charge in [-0.05, 0) is 31.4 Å². The number of nitrogens with zero attached hydrogens (tertiary/aromatic N) is 1. The van der Waals surface area contributed by atoms with Crippen molar-refractivity contribution < 1.29 is 23.8 Å². The molecule has 0 aromatic heterocycles. The minimum absolute atomic E-state index is 0.221. The van der Waals surface area contributed by atoms with E-state index in [9.17, 15) is 14.0 Å². The predicted molar refractivity (Wildman–Crippen MR) is 76.7 cm³/mol. The van der Waals surface area contributed by atoms with Gasteiger partial charge in [0.2, 0.25) is 0 Å². The number of piperidine rings is 1. The van der Waals surface area contributed by atoms with Gasteiger partial charge in [0.25, 0.3) is 5.91 Å². The molecule has 1 amide bonds. The quantitative estimate of drug-likeness (QED) is 0.858. The van der Waals surface area contributed by atoms with E-state index in [4.69, 9.17) is 9.84 Å². The summed E-state index contributed by atoms with van der Waals surface area (Å²) in [5, 5.41) is 10.6. The molecule has 1 aromatic carbocycles. The summed E-state index contributed by atoms with van der Waals surface area (Å²) < 4.78 is 18.6. The number of ether oxygens (including phenoxy) is 1. The van der Waals surface area contributed by atoms with Crippen molar-refractivity contribution in [1.82, 2.24) is 10.4 Å². The summed E-state index contributed by atoms with van der Waals surface area (Å²) in [5.74, 6) is -1.58. The standard InChI is InChI=1S/C15H19FN2O4/c1-10-2-3-12(8-13(10)16)22-9-14(19)17-18-6-4-11(5-7-18)15(20)21/h2-3,8,11H,4-7,9H2,1H3,(H,17,19)(H,20,21). The maximum atomic E-state index is 13.3. The van der Waals surface area contributed by atoms with Gasteiger partial charge in [0, 0.05) is 19.2 Å². The number of amides is 1. The van der Waals surface area contributed by atoms with Gasteiger partial charge in [-0.2, -0.15) is 0 Å². The molecular formula is C15H19FN2O4. The van der Waals surface area contributed by atoms with Gasteiger partial charge in [-0.25, -0.2) is 9.40 Å². The fourth-order valence-electron chi connectivity index (χ4n) is 2.26. The zero-order valence-electron chi connectivity index (χ0n) is 12.3. The molecule has 2 N–H and O–H groups in total. The Hall–Kier alpha value is -2.15. The van der Waals surface area contributed by atoms with Crippen LogP contribution in [-0.4, -0.2) is 41.7 Å². The number of carbonyl (C=O) groups is 2. The first kappa shape index (κ1) is 16.2. The molecule has 2 rings (SSSR count). The normalized spacial score (nSPS) is 16.3. The van der Waals surface area contributed by atoms with Crippen molar-refractivity contribution in [3.63, 3.8) is 0 Å². The highest BCUT2D eigenvalue weighted by Crippen LogP contribution is 2.17. The fourth-order valence-corrected chi connectivity index (χ4v) is 2.26. The molecule has 1 heterocycles. The third kappa shape index (κ3) is 4.42. The number of hydrogen-bond acceptors (Lipinski definition) is 4. The molecule has 1 aliphatic rings.